The predicted octanol–water partition coefficient (Wildman–Crippen LogP) is 1.89. The number of sulfonamides is 1. The molecule has 0 saturated carbocycles. The third-order valence-corrected chi connectivity index (χ3v) is 3.36. The molecule has 1 atom stereocenters. The van der Waals surface area contributed by atoms with Crippen LogP contribution in [0.4, 0.5) is 5.69 Å². The molecule has 6 heteroatoms. The van der Waals surface area contributed by atoms with Crippen molar-refractivity contribution in [3.63, 3.8) is 0 Å². The third kappa shape index (κ3) is 4.90. The minimum atomic E-state index is -3.31. The highest BCUT2D eigenvalue weighted by atomic mass is 32.2. The Hall–Kier alpha value is -1.56. The van der Waals surface area contributed by atoms with Gasteiger partial charge in [0.05, 0.1) is 11.9 Å². The molecule has 0 saturated heterocycles. The van der Waals surface area contributed by atoms with Gasteiger partial charge < -0.3 is 5.32 Å². The molecule has 106 valence electrons. The molecule has 0 fully saturated rings. The van der Waals surface area contributed by atoms with Crippen LogP contribution in [0.5, 0.6) is 0 Å². The second-order valence-corrected chi connectivity index (χ2v) is 6.44. The standard InChI is InChI=1S/C13H20N2O3S/c1-5-10(3)14-13(16)11-6-7-12(9(2)8-11)15-19(4,17)18/h6-8,10,15H,5H2,1-4H3,(H,14,16)/t10-/m0/s1. The van der Waals surface area contributed by atoms with Crippen LogP contribution < -0.4 is 10.0 Å². The fraction of sp³-hybridized carbons (Fsp3) is 0.462. The van der Waals surface area contributed by atoms with Crippen molar-refractivity contribution in [2.75, 3.05) is 11.0 Å². The Morgan fingerprint density at radius 3 is 2.47 bits per heavy atom. The Labute approximate surface area is 114 Å². The van der Waals surface area contributed by atoms with E-state index in [9.17, 15) is 13.2 Å². The first kappa shape index (κ1) is 15.5. The quantitative estimate of drug-likeness (QED) is 0.867. The Morgan fingerprint density at radius 1 is 1.37 bits per heavy atom. The maximum absolute atomic E-state index is 11.9. The van der Waals surface area contributed by atoms with Crippen LogP contribution in [0, 0.1) is 6.92 Å². The molecule has 0 aliphatic carbocycles. The van der Waals surface area contributed by atoms with Gasteiger partial charge in [0, 0.05) is 11.6 Å². The van der Waals surface area contributed by atoms with Gasteiger partial charge >= 0.3 is 0 Å². The number of anilines is 1. The topological polar surface area (TPSA) is 75.3 Å². The summed E-state index contributed by atoms with van der Waals surface area (Å²) in [5, 5.41) is 2.86. The molecule has 0 aliphatic rings. The molecule has 0 aliphatic heterocycles. The van der Waals surface area contributed by atoms with E-state index in [1.54, 1.807) is 25.1 Å². The summed E-state index contributed by atoms with van der Waals surface area (Å²) in [5.41, 5.74) is 1.72. The van der Waals surface area contributed by atoms with Gasteiger partial charge in [0.2, 0.25) is 10.0 Å². The molecule has 0 aromatic heterocycles. The number of hydrogen-bond acceptors (Lipinski definition) is 3. The van der Waals surface area contributed by atoms with E-state index in [0.29, 0.717) is 16.8 Å². The summed E-state index contributed by atoms with van der Waals surface area (Å²) in [6.45, 7) is 5.69. The number of amides is 1. The predicted molar refractivity (Wildman–Crippen MR) is 76.9 cm³/mol. The summed E-state index contributed by atoms with van der Waals surface area (Å²) in [4.78, 5) is 11.9. The van der Waals surface area contributed by atoms with Crippen LogP contribution in [-0.4, -0.2) is 26.6 Å². The van der Waals surface area contributed by atoms with Crippen LogP contribution in [-0.2, 0) is 10.0 Å². The van der Waals surface area contributed by atoms with E-state index in [2.05, 4.69) is 10.0 Å². The summed E-state index contributed by atoms with van der Waals surface area (Å²) >= 11 is 0. The van der Waals surface area contributed by atoms with Crippen LogP contribution in [0.25, 0.3) is 0 Å². The van der Waals surface area contributed by atoms with Crippen molar-refractivity contribution in [2.24, 2.45) is 0 Å². The molecule has 2 N–H and O–H groups in total. The number of carbonyl (C=O) groups excluding carboxylic acids is 1. The molecule has 0 spiro atoms. The first-order chi connectivity index (χ1) is 8.73. The first-order valence-electron chi connectivity index (χ1n) is 6.12. The van der Waals surface area contributed by atoms with Gasteiger partial charge in [-0.1, -0.05) is 6.92 Å². The lowest BCUT2D eigenvalue weighted by atomic mass is 10.1. The van der Waals surface area contributed by atoms with Gasteiger partial charge in [-0.25, -0.2) is 8.42 Å². The molecule has 1 amide bonds. The number of aryl methyl sites for hydroxylation is 1. The molecule has 1 aromatic rings. The molecule has 0 radical (unpaired) electrons. The van der Waals surface area contributed by atoms with E-state index < -0.39 is 10.0 Å². The van der Waals surface area contributed by atoms with Crippen molar-refractivity contribution in [3.05, 3.63) is 29.3 Å². The summed E-state index contributed by atoms with van der Waals surface area (Å²) in [5.74, 6) is -0.150. The third-order valence-electron chi connectivity index (χ3n) is 2.77. The van der Waals surface area contributed by atoms with Gasteiger partial charge in [-0.3, -0.25) is 9.52 Å². The first-order valence-corrected chi connectivity index (χ1v) is 8.01. The lowest BCUT2D eigenvalue weighted by Gasteiger charge is -2.13. The molecule has 1 rings (SSSR count). The van der Waals surface area contributed by atoms with Gasteiger partial charge in [-0.05, 0) is 44.0 Å². The molecule has 0 heterocycles. The molecule has 19 heavy (non-hydrogen) atoms. The maximum Gasteiger partial charge on any atom is 0.251 e. The average Bonchev–Trinajstić information content (AvgIpc) is 2.29. The van der Waals surface area contributed by atoms with Gasteiger partial charge in [0.1, 0.15) is 0 Å². The highest BCUT2D eigenvalue weighted by Crippen LogP contribution is 2.17. The Balaban J connectivity index is 2.91. The van der Waals surface area contributed by atoms with Crippen molar-refractivity contribution in [1.82, 2.24) is 5.32 Å². The van der Waals surface area contributed by atoms with Crippen LogP contribution in [0.1, 0.15) is 36.2 Å². The molecule has 0 bridgehead atoms. The van der Waals surface area contributed by atoms with E-state index in [1.165, 1.54) is 0 Å². The van der Waals surface area contributed by atoms with E-state index in [1.807, 2.05) is 13.8 Å². The Bertz CT molecular complexity index is 567. The SMILES string of the molecule is CC[C@H](C)NC(=O)c1ccc(NS(C)(=O)=O)c(C)c1. The minimum absolute atomic E-state index is 0.113. The van der Waals surface area contributed by atoms with Gasteiger partial charge in [-0.15, -0.1) is 0 Å². The molecule has 0 unspecified atom stereocenters. The number of nitrogens with one attached hydrogen (secondary N) is 2. The van der Waals surface area contributed by atoms with Crippen molar-refractivity contribution in [3.8, 4) is 0 Å². The number of rotatable bonds is 5. The van der Waals surface area contributed by atoms with Crippen molar-refractivity contribution < 1.29 is 13.2 Å². The van der Waals surface area contributed by atoms with Crippen LogP contribution in [0.2, 0.25) is 0 Å². The van der Waals surface area contributed by atoms with Crippen LogP contribution in [0.15, 0.2) is 18.2 Å². The lowest BCUT2D eigenvalue weighted by Crippen LogP contribution is -2.31. The fourth-order valence-electron chi connectivity index (χ4n) is 1.53. The summed E-state index contributed by atoms with van der Waals surface area (Å²) in [7, 11) is -3.31. The number of benzene rings is 1. The zero-order valence-corrected chi connectivity index (χ0v) is 12.5. The van der Waals surface area contributed by atoms with E-state index in [0.717, 1.165) is 12.7 Å². The largest absolute Gasteiger partial charge is 0.350 e. The van der Waals surface area contributed by atoms with Crippen molar-refractivity contribution >= 4 is 21.6 Å². The second-order valence-electron chi connectivity index (χ2n) is 4.69. The Morgan fingerprint density at radius 2 is 2.00 bits per heavy atom. The van der Waals surface area contributed by atoms with Gasteiger partial charge in [0.25, 0.3) is 5.91 Å². The maximum atomic E-state index is 11.9. The van der Waals surface area contributed by atoms with Gasteiger partial charge in [-0.2, -0.15) is 0 Å². The van der Waals surface area contributed by atoms with Crippen LogP contribution in [0.3, 0.4) is 0 Å². The van der Waals surface area contributed by atoms with E-state index in [-0.39, 0.29) is 11.9 Å². The lowest BCUT2D eigenvalue weighted by molar-refractivity contribution is 0.0939. The smallest absolute Gasteiger partial charge is 0.251 e. The normalized spacial score (nSPS) is 12.8. The van der Waals surface area contributed by atoms with E-state index >= 15 is 0 Å². The summed E-state index contributed by atoms with van der Waals surface area (Å²) in [6, 6.07) is 4.99. The average molecular weight is 284 g/mol. The molecular formula is C13H20N2O3S. The highest BCUT2D eigenvalue weighted by molar-refractivity contribution is 7.92. The molecule has 5 nitrogen and oxygen atoms in total. The Kier molecular flexibility index (Phi) is 4.94. The highest BCUT2D eigenvalue weighted by Gasteiger charge is 2.11. The van der Waals surface area contributed by atoms with E-state index in [4.69, 9.17) is 0 Å². The zero-order valence-electron chi connectivity index (χ0n) is 11.6. The molecular weight excluding hydrogens is 264 g/mol. The monoisotopic (exact) mass is 284 g/mol. The van der Waals surface area contributed by atoms with Crippen molar-refractivity contribution in [1.29, 1.82) is 0 Å². The zero-order chi connectivity index (χ0) is 14.6. The summed E-state index contributed by atoms with van der Waals surface area (Å²) < 4.78 is 24.7. The van der Waals surface area contributed by atoms with Crippen LogP contribution >= 0.6 is 0 Å². The molecule has 1 aromatic carbocycles. The number of carbonyl (C=O) groups is 1. The minimum Gasteiger partial charge on any atom is -0.350 e. The fourth-order valence-corrected chi connectivity index (χ4v) is 2.16. The number of hydrogen-bond donors (Lipinski definition) is 2. The summed E-state index contributed by atoms with van der Waals surface area (Å²) in [6.07, 6.45) is 1.95. The van der Waals surface area contributed by atoms with Crippen molar-refractivity contribution in [2.45, 2.75) is 33.2 Å². The van der Waals surface area contributed by atoms with Gasteiger partial charge in [0.15, 0.2) is 0 Å². The second kappa shape index (κ2) is 6.06.